The molecule has 0 fully saturated rings. The molecule has 0 amide bonds. The molecule has 0 aliphatic carbocycles. The number of benzene rings is 1. The molecule has 4 aromatic heterocycles. The third-order valence-electron chi connectivity index (χ3n) is 5.03. The second-order valence-electron chi connectivity index (χ2n) is 8.56. The van der Waals surface area contributed by atoms with Gasteiger partial charge in [0.05, 0.1) is 10.4 Å². The third kappa shape index (κ3) is 3.12. The zero-order valence-electron chi connectivity index (χ0n) is 19.3. The van der Waals surface area contributed by atoms with Gasteiger partial charge in [0.15, 0.2) is 0 Å². The van der Waals surface area contributed by atoms with Crippen LogP contribution in [0.2, 0.25) is 0 Å². The largest absolute Gasteiger partial charge is 0.437 e. The first-order valence-electron chi connectivity index (χ1n) is 10.8. The standard InChI is InChI=1S/C25H24N2OS/c1-14-9-10-17-16-7-6-8-18(23(16)28-24(17)27-14)21-11-19-20(12-25(3,4)5)15(2)29-22(19)13-26-21/h6-11,13H,12H2,1-5H3/i12D2. The minimum Gasteiger partial charge on any atom is -0.437 e. The van der Waals surface area contributed by atoms with Crippen molar-refractivity contribution >= 4 is 43.5 Å². The molecule has 0 N–H and O–H groups in total. The number of furan rings is 1. The van der Waals surface area contributed by atoms with Crippen molar-refractivity contribution < 1.29 is 7.16 Å². The molecule has 5 rings (SSSR count). The van der Waals surface area contributed by atoms with E-state index in [1.807, 2.05) is 77.2 Å². The summed E-state index contributed by atoms with van der Waals surface area (Å²) in [6.45, 7) is 9.79. The predicted octanol–water partition coefficient (Wildman–Crippen LogP) is 7.46. The Bertz CT molecular complexity index is 1470. The van der Waals surface area contributed by atoms with Crippen molar-refractivity contribution in [3.05, 3.63) is 58.7 Å². The van der Waals surface area contributed by atoms with Crippen LogP contribution >= 0.6 is 11.3 Å². The van der Waals surface area contributed by atoms with Crippen LogP contribution in [0.3, 0.4) is 0 Å². The molecule has 29 heavy (non-hydrogen) atoms. The summed E-state index contributed by atoms with van der Waals surface area (Å²) in [5.41, 5.74) is 4.19. The van der Waals surface area contributed by atoms with Crippen molar-refractivity contribution in [2.75, 3.05) is 0 Å². The van der Waals surface area contributed by atoms with Crippen LogP contribution in [-0.4, -0.2) is 9.97 Å². The van der Waals surface area contributed by atoms with E-state index in [-0.39, 0.29) is 0 Å². The molecule has 0 bridgehead atoms. The lowest BCUT2D eigenvalue weighted by Gasteiger charge is -2.18. The number of para-hydroxylation sites is 1. The van der Waals surface area contributed by atoms with Gasteiger partial charge in [-0.15, -0.1) is 11.3 Å². The molecule has 146 valence electrons. The number of aromatic nitrogens is 2. The van der Waals surface area contributed by atoms with Crippen LogP contribution in [-0.2, 0) is 6.37 Å². The Morgan fingerprint density at radius 1 is 1.07 bits per heavy atom. The number of hydrogen-bond acceptors (Lipinski definition) is 4. The lowest BCUT2D eigenvalue weighted by molar-refractivity contribution is 0.412. The van der Waals surface area contributed by atoms with E-state index >= 15 is 0 Å². The summed E-state index contributed by atoms with van der Waals surface area (Å²) in [6.07, 6.45) is 0.384. The highest BCUT2D eigenvalue weighted by Gasteiger charge is 2.19. The van der Waals surface area contributed by atoms with Gasteiger partial charge in [-0.1, -0.05) is 32.9 Å². The SMILES string of the molecule is [2H]C([2H])(c1c(C)sc2cnc(-c3cccc4c3oc3nc(C)ccc34)cc12)C(C)(C)C. The molecule has 5 aromatic rings. The van der Waals surface area contributed by atoms with Crippen molar-refractivity contribution in [2.45, 2.75) is 41.0 Å². The number of nitrogens with zero attached hydrogens (tertiary/aromatic N) is 2. The van der Waals surface area contributed by atoms with Crippen molar-refractivity contribution in [3.63, 3.8) is 0 Å². The van der Waals surface area contributed by atoms with Gasteiger partial charge >= 0.3 is 0 Å². The number of hydrogen-bond donors (Lipinski definition) is 0. The van der Waals surface area contributed by atoms with Crippen molar-refractivity contribution in [1.29, 1.82) is 0 Å². The minimum atomic E-state index is -1.47. The maximum absolute atomic E-state index is 8.88. The van der Waals surface area contributed by atoms with Gasteiger partial charge in [0.1, 0.15) is 5.58 Å². The summed E-state index contributed by atoms with van der Waals surface area (Å²) >= 11 is 1.60. The molecule has 0 spiro atoms. The van der Waals surface area contributed by atoms with E-state index in [1.54, 1.807) is 11.3 Å². The van der Waals surface area contributed by atoms with E-state index in [0.29, 0.717) is 5.71 Å². The zero-order valence-corrected chi connectivity index (χ0v) is 18.1. The Kier molecular flexibility index (Phi) is 3.55. The summed E-state index contributed by atoms with van der Waals surface area (Å²) in [5.74, 6) is 0. The Balaban J connectivity index is 1.78. The normalized spacial score (nSPS) is 14.0. The third-order valence-corrected chi connectivity index (χ3v) is 6.09. The average molecular weight is 403 g/mol. The Morgan fingerprint density at radius 2 is 1.90 bits per heavy atom. The lowest BCUT2D eigenvalue weighted by atomic mass is 9.87. The molecule has 0 aliphatic heterocycles. The van der Waals surface area contributed by atoms with Crippen molar-refractivity contribution in [2.24, 2.45) is 5.41 Å². The number of pyridine rings is 2. The van der Waals surface area contributed by atoms with Crippen LogP contribution in [0, 0.1) is 19.3 Å². The molecule has 0 aliphatic rings. The number of aryl methyl sites for hydroxylation is 2. The molecule has 4 heteroatoms. The highest BCUT2D eigenvalue weighted by atomic mass is 32.1. The Hall–Kier alpha value is -2.72. The van der Waals surface area contributed by atoms with E-state index in [4.69, 9.17) is 12.1 Å². The molecule has 4 heterocycles. The van der Waals surface area contributed by atoms with Gasteiger partial charge in [0.25, 0.3) is 0 Å². The van der Waals surface area contributed by atoms with Crippen LogP contribution in [0.4, 0.5) is 0 Å². The van der Waals surface area contributed by atoms with E-state index in [1.165, 1.54) is 0 Å². The first-order chi connectivity index (χ1) is 14.6. The van der Waals surface area contributed by atoms with E-state index in [9.17, 15) is 0 Å². The first kappa shape index (κ1) is 16.1. The van der Waals surface area contributed by atoms with E-state index in [0.717, 1.165) is 53.8 Å². The molecule has 3 nitrogen and oxygen atoms in total. The van der Waals surface area contributed by atoms with Crippen LogP contribution in [0.15, 0.2) is 47.0 Å². The second kappa shape index (κ2) is 6.39. The second-order valence-corrected chi connectivity index (χ2v) is 9.82. The van der Waals surface area contributed by atoms with Gasteiger partial charge in [-0.3, -0.25) is 4.98 Å². The Labute approximate surface area is 177 Å². The molecule has 0 atom stereocenters. The molecular formula is C25H24N2OS. The topological polar surface area (TPSA) is 38.9 Å². The minimum absolute atomic E-state index is 0.530. The molecular weight excluding hydrogens is 376 g/mol. The summed E-state index contributed by atoms with van der Waals surface area (Å²) in [7, 11) is 0. The van der Waals surface area contributed by atoms with Crippen LogP contribution in [0.1, 0.15) is 39.6 Å². The average Bonchev–Trinajstić information content (AvgIpc) is 3.22. The molecule has 1 aromatic carbocycles. The van der Waals surface area contributed by atoms with Crippen LogP contribution in [0.25, 0.3) is 43.4 Å². The summed E-state index contributed by atoms with van der Waals surface area (Å²) in [4.78, 5) is 10.3. The first-order valence-corrected chi connectivity index (χ1v) is 10.6. The van der Waals surface area contributed by atoms with Gasteiger partial charge in [0.2, 0.25) is 5.71 Å². The summed E-state index contributed by atoms with van der Waals surface area (Å²) < 4.78 is 24.9. The highest BCUT2D eigenvalue weighted by molar-refractivity contribution is 7.19. The smallest absolute Gasteiger partial charge is 0.227 e. The highest BCUT2D eigenvalue weighted by Crippen LogP contribution is 2.39. The molecule has 0 radical (unpaired) electrons. The molecule has 0 saturated carbocycles. The van der Waals surface area contributed by atoms with Crippen LogP contribution < -0.4 is 0 Å². The number of rotatable bonds is 2. The maximum Gasteiger partial charge on any atom is 0.227 e. The Morgan fingerprint density at radius 3 is 2.69 bits per heavy atom. The maximum atomic E-state index is 8.88. The van der Waals surface area contributed by atoms with Crippen molar-refractivity contribution in [1.82, 2.24) is 9.97 Å². The van der Waals surface area contributed by atoms with Gasteiger partial charge in [-0.25, -0.2) is 4.98 Å². The zero-order chi connectivity index (χ0) is 22.1. The number of thiophene rings is 1. The fourth-order valence-electron chi connectivity index (χ4n) is 3.78. The fraction of sp³-hybridized carbons (Fsp3) is 0.280. The predicted molar refractivity (Wildman–Crippen MR) is 123 cm³/mol. The quantitative estimate of drug-likeness (QED) is 0.307. The van der Waals surface area contributed by atoms with E-state index < -0.39 is 11.8 Å². The molecule has 0 unspecified atom stereocenters. The van der Waals surface area contributed by atoms with Crippen LogP contribution in [0.5, 0.6) is 0 Å². The van der Waals surface area contributed by atoms with Gasteiger partial charge in [-0.2, -0.15) is 0 Å². The fourth-order valence-corrected chi connectivity index (χ4v) is 4.75. The summed E-state index contributed by atoms with van der Waals surface area (Å²) in [6, 6.07) is 12.1. The van der Waals surface area contributed by atoms with E-state index in [2.05, 4.69) is 4.98 Å². The van der Waals surface area contributed by atoms with Gasteiger partial charge in [-0.05, 0) is 60.9 Å². The lowest BCUT2D eigenvalue weighted by Crippen LogP contribution is -2.09. The monoisotopic (exact) mass is 402 g/mol. The summed E-state index contributed by atoms with van der Waals surface area (Å²) in [5, 5.41) is 2.92. The van der Waals surface area contributed by atoms with Crippen molar-refractivity contribution in [3.8, 4) is 11.3 Å². The van der Waals surface area contributed by atoms with Gasteiger partial charge in [0, 0.05) is 35.8 Å². The van der Waals surface area contributed by atoms with Gasteiger partial charge < -0.3 is 4.42 Å². The number of fused-ring (bicyclic) bond motifs is 4. The molecule has 0 saturated heterocycles.